The van der Waals surface area contributed by atoms with E-state index in [9.17, 15) is 0 Å². The van der Waals surface area contributed by atoms with Gasteiger partial charge in [0.1, 0.15) is 6.61 Å². The summed E-state index contributed by atoms with van der Waals surface area (Å²) in [6, 6.07) is 0. The molecule has 3 heteroatoms. The highest BCUT2D eigenvalue weighted by atomic mass is 32.2. The average Bonchev–Trinajstić information content (AvgIpc) is 1.86. The van der Waals surface area contributed by atoms with Crippen molar-refractivity contribution in [2.75, 3.05) is 12.4 Å². The third-order valence-corrected chi connectivity index (χ3v) is 1.30. The maximum atomic E-state index is 6.79. The molecule has 0 aromatic carbocycles. The first-order chi connectivity index (χ1) is 2.89. The molecule has 1 saturated heterocycles. The van der Waals surface area contributed by atoms with Gasteiger partial charge in [0.05, 0.1) is 0 Å². The quantitative estimate of drug-likeness (QED) is 0.489. The van der Waals surface area contributed by atoms with Crippen LogP contribution in [0.4, 0.5) is 0 Å². The summed E-state index contributed by atoms with van der Waals surface area (Å²) in [6.45, 7) is 0.726. The molecule has 2 nitrogen and oxygen atoms in total. The Labute approximate surface area is 40.4 Å². The van der Waals surface area contributed by atoms with E-state index in [4.69, 9.17) is 10.1 Å². The van der Waals surface area contributed by atoms with Crippen LogP contribution in [-0.4, -0.2) is 17.6 Å². The van der Waals surface area contributed by atoms with E-state index in [1.54, 1.807) is 0 Å². The Morgan fingerprint density at radius 2 is 2.67 bits per heavy atom. The lowest BCUT2D eigenvalue weighted by molar-refractivity contribution is 0.350. The van der Waals surface area contributed by atoms with Crippen LogP contribution in [0.5, 0.6) is 0 Å². The third-order valence-electron chi connectivity index (χ3n) is 0.550. The van der Waals surface area contributed by atoms with Crippen LogP contribution >= 0.6 is 11.8 Å². The second-order valence-electron chi connectivity index (χ2n) is 0.984. The lowest BCUT2D eigenvalue weighted by Crippen LogP contribution is -1.84. The van der Waals surface area contributed by atoms with E-state index in [-0.39, 0.29) is 0 Å². The Balaban J connectivity index is 2.37. The molecule has 0 amide bonds. The zero-order valence-electron chi connectivity index (χ0n) is 3.23. The van der Waals surface area contributed by atoms with Gasteiger partial charge in [-0.2, -0.15) is 0 Å². The molecule has 34 valence electrons. The molecule has 0 unspecified atom stereocenters. The van der Waals surface area contributed by atoms with Gasteiger partial charge in [-0.05, 0) is 0 Å². The summed E-state index contributed by atoms with van der Waals surface area (Å²) in [5.41, 5.74) is 0. The molecule has 6 heavy (non-hydrogen) atoms. The molecule has 1 fully saturated rings. The number of hydrogen-bond acceptors (Lipinski definition) is 3. The van der Waals surface area contributed by atoms with E-state index in [0.717, 1.165) is 12.4 Å². The lowest BCUT2D eigenvalue weighted by Gasteiger charge is -1.83. The monoisotopic (exact) mass is 103 g/mol. The predicted molar refractivity (Wildman–Crippen MR) is 26.1 cm³/mol. The number of ether oxygens (including phenoxy) is 1. The van der Waals surface area contributed by atoms with E-state index >= 15 is 0 Å². The molecule has 0 aromatic rings. The van der Waals surface area contributed by atoms with Crippen molar-refractivity contribution in [2.45, 2.75) is 0 Å². The molecular weight excluding hydrogens is 98.1 g/mol. The highest BCUT2D eigenvalue weighted by Gasteiger charge is 2.04. The van der Waals surface area contributed by atoms with Gasteiger partial charge >= 0.3 is 0 Å². The van der Waals surface area contributed by atoms with E-state index in [1.165, 1.54) is 11.8 Å². The van der Waals surface area contributed by atoms with Crippen molar-refractivity contribution in [3.8, 4) is 0 Å². The predicted octanol–water partition coefficient (Wildman–Crippen LogP) is 0.685. The second-order valence-corrected chi connectivity index (χ2v) is 2.05. The van der Waals surface area contributed by atoms with Gasteiger partial charge in [0.15, 0.2) is 0 Å². The minimum absolute atomic E-state index is 0.370. The van der Waals surface area contributed by atoms with E-state index in [0.29, 0.717) is 5.23 Å². The standard InChI is InChI=1S/C3H5NOS/c4-3-5-1-2-6-3/h4H,1-2H2. The molecule has 1 aliphatic rings. The summed E-state index contributed by atoms with van der Waals surface area (Å²) in [6.07, 6.45) is 0. The lowest BCUT2D eigenvalue weighted by atomic mass is 10.9. The van der Waals surface area contributed by atoms with Crippen molar-refractivity contribution < 1.29 is 4.74 Å². The average molecular weight is 103 g/mol. The van der Waals surface area contributed by atoms with Crippen LogP contribution in [0.15, 0.2) is 0 Å². The molecule has 0 atom stereocenters. The number of thioether (sulfide) groups is 1. The molecule has 0 aliphatic carbocycles. The Kier molecular flexibility index (Phi) is 1.01. The molecule has 1 rings (SSSR count). The summed E-state index contributed by atoms with van der Waals surface area (Å²) in [5.74, 6) is 0.957. The molecule has 1 aliphatic heterocycles. The third kappa shape index (κ3) is 0.653. The van der Waals surface area contributed by atoms with Gasteiger partial charge in [-0.3, -0.25) is 5.41 Å². The topological polar surface area (TPSA) is 33.1 Å². The molecule has 0 bridgehead atoms. The molecule has 0 saturated carbocycles. The Bertz CT molecular complexity index is 65.2. The fraction of sp³-hybridized carbons (Fsp3) is 0.667. The highest BCUT2D eigenvalue weighted by molar-refractivity contribution is 8.13. The van der Waals surface area contributed by atoms with Crippen LogP contribution in [0.25, 0.3) is 0 Å². The van der Waals surface area contributed by atoms with Crippen LogP contribution in [0.3, 0.4) is 0 Å². The maximum absolute atomic E-state index is 6.79. The fourth-order valence-corrected chi connectivity index (χ4v) is 0.829. The fourth-order valence-electron chi connectivity index (χ4n) is 0.310. The van der Waals surface area contributed by atoms with Crippen molar-refractivity contribution >= 4 is 17.0 Å². The van der Waals surface area contributed by atoms with E-state index in [1.807, 2.05) is 0 Å². The zero-order chi connectivity index (χ0) is 4.41. The summed E-state index contributed by atoms with van der Waals surface area (Å²) >= 11 is 1.46. The van der Waals surface area contributed by atoms with Crippen molar-refractivity contribution in [2.24, 2.45) is 0 Å². The SMILES string of the molecule is N=C1OCCS1. The number of nitrogens with one attached hydrogen (secondary N) is 1. The second kappa shape index (κ2) is 1.51. The summed E-state index contributed by atoms with van der Waals surface area (Å²) in [7, 11) is 0. The number of rotatable bonds is 0. The first-order valence-electron chi connectivity index (χ1n) is 1.74. The molecular formula is C3H5NOS. The van der Waals surface area contributed by atoms with Crippen molar-refractivity contribution in [1.29, 1.82) is 5.41 Å². The smallest absolute Gasteiger partial charge is 0.243 e. The summed E-state index contributed by atoms with van der Waals surface area (Å²) in [5, 5.41) is 7.16. The minimum Gasteiger partial charge on any atom is -0.472 e. The summed E-state index contributed by atoms with van der Waals surface area (Å²) in [4.78, 5) is 0. The van der Waals surface area contributed by atoms with Gasteiger partial charge in [-0.1, -0.05) is 11.8 Å². The van der Waals surface area contributed by atoms with Crippen LogP contribution in [0, 0.1) is 5.41 Å². The van der Waals surface area contributed by atoms with Crippen molar-refractivity contribution in [3.05, 3.63) is 0 Å². The van der Waals surface area contributed by atoms with Gasteiger partial charge in [-0.15, -0.1) is 0 Å². The van der Waals surface area contributed by atoms with Gasteiger partial charge in [0, 0.05) is 5.75 Å². The van der Waals surface area contributed by atoms with Crippen LogP contribution in [-0.2, 0) is 4.74 Å². The van der Waals surface area contributed by atoms with Gasteiger partial charge in [0.25, 0.3) is 0 Å². The van der Waals surface area contributed by atoms with Crippen LogP contribution in [0.2, 0.25) is 0 Å². The van der Waals surface area contributed by atoms with Gasteiger partial charge in [0.2, 0.25) is 5.23 Å². The molecule has 1 N–H and O–H groups in total. The normalized spacial score (nSPS) is 21.0. The Morgan fingerprint density at radius 3 is 2.83 bits per heavy atom. The van der Waals surface area contributed by atoms with E-state index in [2.05, 4.69) is 0 Å². The largest absolute Gasteiger partial charge is 0.472 e. The minimum atomic E-state index is 0.370. The maximum Gasteiger partial charge on any atom is 0.243 e. The first kappa shape index (κ1) is 3.99. The molecule has 0 aromatic heterocycles. The first-order valence-corrected chi connectivity index (χ1v) is 2.72. The van der Waals surface area contributed by atoms with Crippen LogP contribution in [0.1, 0.15) is 0 Å². The van der Waals surface area contributed by atoms with Crippen molar-refractivity contribution in [1.82, 2.24) is 0 Å². The molecule has 1 heterocycles. The summed E-state index contributed by atoms with van der Waals surface area (Å²) < 4.78 is 4.70. The highest BCUT2D eigenvalue weighted by Crippen LogP contribution is 2.09. The van der Waals surface area contributed by atoms with Crippen LogP contribution < -0.4 is 0 Å². The Hall–Kier alpha value is -0.180. The van der Waals surface area contributed by atoms with Gasteiger partial charge < -0.3 is 4.74 Å². The molecule has 0 radical (unpaired) electrons. The molecule has 0 spiro atoms. The van der Waals surface area contributed by atoms with Crippen molar-refractivity contribution in [3.63, 3.8) is 0 Å². The van der Waals surface area contributed by atoms with Gasteiger partial charge in [-0.25, -0.2) is 0 Å². The van der Waals surface area contributed by atoms with E-state index < -0.39 is 0 Å². The Morgan fingerprint density at radius 1 is 1.83 bits per heavy atom. The zero-order valence-corrected chi connectivity index (χ0v) is 4.05. The number of hydrogen-bond donors (Lipinski definition) is 1.